The van der Waals surface area contributed by atoms with Crippen LogP contribution in [0.3, 0.4) is 0 Å². The summed E-state index contributed by atoms with van der Waals surface area (Å²) in [5, 5.41) is 12.0. The third-order valence-corrected chi connectivity index (χ3v) is 12.8. The Morgan fingerprint density at radius 1 is 1.00 bits per heavy atom. The van der Waals surface area contributed by atoms with E-state index >= 15 is 0 Å². The van der Waals surface area contributed by atoms with E-state index in [9.17, 15) is 32.8 Å². The van der Waals surface area contributed by atoms with Crippen LogP contribution in [0.2, 0.25) is 0 Å². The van der Waals surface area contributed by atoms with Gasteiger partial charge in [-0.05, 0) is 90.3 Å². The van der Waals surface area contributed by atoms with E-state index in [2.05, 4.69) is 39.1 Å². The zero-order chi connectivity index (χ0) is 30.4. The predicted molar refractivity (Wildman–Crippen MR) is 148 cm³/mol. The zero-order valence-electron chi connectivity index (χ0n) is 25.3. The first-order valence-corrected chi connectivity index (χ1v) is 15.3. The fraction of sp³-hybridized carbons (Fsp3) is 0.818. The molecule has 0 aromatic heterocycles. The quantitative estimate of drug-likeness (QED) is 0.395. The minimum atomic E-state index is -4.46. The van der Waals surface area contributed by atoms with Crippen molar-refractivity contribution in [3.05, 3.63) is 11.6 Å². The molecule has 0 aromatic carbocycles. The van der Waals surface area contributed by atoms with Crippen molar-refractivity contribution in [2.45, 2.75) is 106 Å². The van der Waals surface area contributed by atoms with Crippen molar-refractivity contribution in [3.63, 3.8) is 0 Å². The van der Waals surface area contributed by atoms with Crippen LogP contribution in [0.5, 0.6) is 0 Å². The van der Waals surface area contributed by atoms with Gasteiger partial charge in [-0.2, -0.15) is 18.4 Å². The molecular formula is C33H45F3N2O3. The number of carbonyl (C=O) groups excluding carboxylic acids is 3. The van der Waals surface area contributed by atoms with E-state index < -0.39 is 34.9 Å². The maximum absolute atomic E-state index is 14.4. The molecule has 8 heteroatoms. The molecule has 41 heavy (non-hydrogen) atoms. The van der Waals surface area contributed by atoms with Gasteiger partial charge in [-0.25, -0.2) is 0 Å². The van der Waals surface area contributed by atoms with E-state index in [0.29, 0.717) is 6.42 Å². The molecule has 0 saturated heterocycles. The van der Waals surface area contributed by atoms with Crippen LogP contribution in [-0.2, 0) is 14.4 Å². The maximum Gasteiger partial charge on any atom is 0.405 e. The highest BCUT2D eigenvalue weighted by molar-refractivity contribution is 6.04. The minimum absolute atomic E-state index is 0.00240. The van der Waals surface area contributed by atoms with Crippen molar-refractivity contribution in [1.82, 2.24) is 5.32 Å². The normalized spacial score (nSPS) is 42.9. The summed E-state index contributed by atoms with van der Waals surface area (Å²) in [6.07, 6.45) is 3.48. The molecule has 0 aromatic rings. The van der Waals surface area contributed by atoms with Crippen LogP contribution in [-0.4, -0.2) is 30.2 Å². The molecule has 4 fully saturated rings. The van der Waals surface area contributed by atoms with Gasteiger partial charge in [0.25, 0.3) is 0 Å². The topological polar surface area (TPSA) is 87.0 Å². The molecule has 4 saturated carbocycles. The second-order valence-corrected chi connectivity index (χ2v) is 16.0. The monoisotopic (exact) mass is 574 g/mol. The SMILES string of the molecule is CC1(C)CCC2(CC(=O)NCC(F)(F)F)CCC3C(C(=O)CC4C5(C)C=C(C#N)C(=O)C(C)(C)C5CCC34C)C2C1. The van der Waals surface area contributed by atoms with Crippen LogP contribution in [0.4, 0.5) is 13.2 Å². The first kappa shape index (κ1) is 30.3. The fourth-order valence-corrected chi connectivity index (χ4v) is 10.9. The Hall–Kier alpha value is -2.17. The Morgan fingerprint density at radius 3 is 2.32 bits per heavy atom. The van der Waals surface area contributed by atoms with Crippen molar-refractivity contribution in [3.8, 4) is 6.07 Å². The van der Waals surface area contributed by atoms with Gasteiger partial charge in [0.2, 0.25) is 5.91 Å². The third kappa shape index (κ3) is 4.68. The van der Waals surface area contributed by atoms with Crippen molar-refractivity contribution in [1.29, 1.82) is 5.26 Å². The molecule has 1 amide bonds. The molecule has 5 aliphatic rings. The highest BCUT2D eigenvalue weighted by Crippen LogP contribution is 2.72. The molecule has 8 atom stereocenters. The fourth-order valence-electron chi connectivity index (χ4n) is 10.9. The Balaban J connectivity index is 1.51. The third-order valence-electron chi connectivity index (χ3n) is 12.8. The van der Waals surface area contributed by atoms with Crippen molar-refractivity contribution >= 4 is 17.5 Å². The van der Waals surface area contributed by atoms with E-state index in [-0.39, 0.29) is 64.0 Å². The number of carbonyl (C=O) groups is 3. The lowest BCUT2D eigenvalue weighted by molar-refractivity contribution is -0.192. The molecule has 5 rings (SSSR count). The molecule has 0 spiro atoms. The minimum Gasteiger partial charge on any atom is -0.347 e. The first-order chi connectivity index (χ1) is 18.8. The van der Waals surface area contributed by atoms with Gasteiger partial charge in [-0.1, -0.05) is 47.6 Å². The number of rotatable bonds is 3. The number of amides is 1. The lowest BCUT2D eigenvalue weighted by Crippen LogP contribution is -2.65. The number of nitrogens with one attached hydrogen (secondary N) is 1. The predicted octanol–water partition coefficient (Wildman–Crippen LogP) is 6.96. The standard InChI is InChI=1S/C33H45F3N2O3/c1-28(2)11-12-32(16-25(40)38-18-33(34,35)36)10-7-20-26(21(32)15-28)22(39)13-24-30(20,5)9-8-23-29(3,4)27(41)19(17-37)14-31(23,24)6/h14,20-21,23-24,26H,7-13,15-16,18H2,1-6H3,(H,38,40). The molecule has 0 aliphatic heterocycles. The number of hydrogen-bond acceptors (Lipinski definition) is 4. The molecule has 0 bridgehead atoms. The van der Waals surface area contributed by atoms with Gasteiger partial charge in [-0.15, -0.1) is 0 Å². The summed E-state index contributed by atoms with van der Waals surface area (Å²) in [6.45, 7) is 11.4. The number of alkyl halides is 3. The smallest absolute Gasteiger partial charge is 0.347 e. The summed E-state index contributed by atoms with van der Waals surface area (Å²) in [5.41, 5.74) is -1.61. The molecule has 5 aliphatic carbocycles. The number of allylic oxidation sites excluding steroid dienone is 2. The van der Waals surface area contributed by atoms with Gasteiger partial charge in [0.15, 0.2) is 5.78 Å². The second-order valence-electron chi connectivity index (χ2n) is 16.0. The van der Waals surface area contributed by atoms with Crippen LogP contribution in [0.1, 0.15) is 99.3 Å². The van der Waals surface area contributed by atoms with Crippen molar-refractivity contribution in [2.75, 3.05) is 6.54 Å². The lowest BCUT2D eigenvalue weighted by Gasteiger charge is -2.68. The van der Waals surface area contributed by atoms with Crippen molar-refractivity contribution < 1.29 is 27.6 Å². The Kier molecular flexibility index (Phi) is 6.96. The van der Waals surface area contributed by atoms with Crippen LogP contribution < -0.4 is 5.32 Å². The number of Topliss-reactive ketones (excluding diaryl/α,β-unsaturated/α-hetero) is 2. The van der Waals surface area contributed by atoms with E-state index in [1.165, 1.54) is 0 Å². The molecule has 0 heterocycles. The van der Waals surface area contributed by atoms with Gasteiger partial charge in [0.05, 0.1) is 5.57 Å². The summed E-state index contributed by atoms with van der Waals surface area (Å²) in [6, 6.07) is 2.15. The number of hydrogen-bond donors (Lipinski definition) is 1. The summed E-state index contributed by atoms with van der Waals surface area (Å²) in [4.78, 5) is 40.5. The Morgan fingerprint density at radius 2 is 1.68 bits per heavy atom. The van der Waals surface area contributed by atoms with Gasteiger partial charge in [-0.3, -0.25) is 14.4 Å². The Labute approximate surface area is 242 Å². The summed E-state index contributed by atoms with van der Waals surface area (Å²) >= 11 is 0. The number of halogens is 3. The largest absolute Gasteiger partial charge is 0.405 e. The number of nitriles is 1. The average molecular weight is 575 g/mol. The number of fused-ring (bicyclic) bond motifs is 7. The van der Waals surface area contributed by atoms with E-state index in [4.69, 9.17) is 0 Å². The highest BCUT2D eigenvalue weighted by Gasteiger charge is 2.68. The average Bonchev–Trinajstić information content (AvgIpc) is 2.86. The molecule has 0 radical (unpaired) electrons. The number of ketones is 2. The molecule has 226 valence electrons. The van der Waals surface area contributed by atoms with Crippen LogP contribution in [0, 0.1) is 68.0 Å². The molecule has 8 unspecified atom stereocenters. The van der Waals surface area contributed by atoms with Gasteiger partial charge in [0.1, 0.15) is 18.4 Å². The maximum atomic E-state index is 14.4. The molecule has 1 N–H and O–H groups in total. The van der Waals surface area contributed by atoms with Gasteiger partial charge >= 0.3 is 6.18 Å². The summed E-state index contributed by atoms with van der Waals surface area (Å²) in [5.74, 6) is -0.617. The highest BCUT2D eigenvalue weighted by atomic mass is 19.4. The molecule has 5 nitrogen and oxygen atoms in total. The van der Waals surface area contributed by atoms with Gasteiger partial charge < -0.3 is 5.32 Å². The number of nitrogens with zero attached hydrogens (tertiary/aromatic N) is 1. The Bertz CT molecular complexity index is 1230. The second kappa shape index (κ2) is 9.41. The van der Waals surface area contributed by atoms with Crippen molar-refractivity contribution in [2.24, 2.45) is 56.7 Å². The van der Waals surface area contributed by atoms with E-state index in [1.54, 1.807) is 0 Å². The van der Waals surface area contributed by atoms with Crippen LogP contribution >= 0.6 is 0 Å². The molecular weight excluding hydrogens is 529 g/mol. The zero-order valence-corrected chi connectivity index (χ0v) is 25.3. The van der Waals surface area contributed by atoms with Gasteiger partial charge in [0, 0.05) is 24.2 Å². The lowest BCUT2D eigenvalue weighted by atomic mass is 9.35. The van der Waals surface area contributed by atoms with Crippen LogP contribution in [0.25, 0.3) is 0 Å². The van der Waals surface area contributed by atoms with Crippen LogP contribution in [0.15, 0.2) is 11.6 Å². The van der Waals surface area contributed by atoms with E-state index in [1.807, 2.05) is 19.9 Å². The summed E-state index contributed by atoms with van der Waals surface area (Å²) < 4.78 is 38.6. The summed E-state index contributed by atoms with van der Waals surface area (Å²) in [7, 11) is 0. The van der Waals surface area contributed by atoms with E-state index in [0.717, 1.165) is 44.9 Å². The first-order valence-electron chi connectivity index (χ1n) is 15.3.